The number of allylic oxidation sites excluding steroid dienone is 3. The van der Waals surface area contributed by atoms with E-state index in [1.807, 2.05) is 6.08 Å². The molecule has 0 amide bonds. The maximum Gasteiger partial charge on any atom is 0.191 e. The number of hydrogen-bond donors (Lipinski definition) is 0. The van der Waals surface area contributed by atoms with Gasteiger partial charge in [-0.1, -0.05) is 45.4 Å². The van der Waals surface area contributed by atoms with Gasteiger partial charge in [0, 0.05) is 6.61 Å². The lowest BCUT2D eigenvalue weighted by molar-refractivity contribution is 0.237. The first-order chi connectivity index (χ1) is 8.60. The predicted octanol–water partition coefficient (Wildman–Crippen LogP) is 5.95. The lowest BCUT2D eigenvalue weighted by Crippen LogP contribution is -2.41. The van der Waals surface area contributed by atoms with Gasteiger partial charge in [0.2, 0.25) is 0 Å². The summed E-state index contributed by atoms with van der Waals surface area (Å²) in [5.41, 5.74) is 1.48. The molecule has 0 aliphatic carbocycles. The summed E-state index contributed by atoms with van der Waals surface area (Å²) in [5.74, 6) is 0.606. The summed E-state index contributed by atoms with van der Waals surface area (Å²) in [6.45, 7) is 20.7. The molecule has 0 spiro atoms. The molecule has 0 aromatic rings. The Balaban J connectivity index is 4.15. The van der Waals surface area contributed by atoms with Gasteiger partial charge in [-0.25, -0.2) is 0 Å². The van der Waals surface area contributed by atoms with Crippen molar-refractivity contribution in [1.29, 1.82) is 0 Å². The summed E-state index contributed by atoms with van der Waals surface area (Å²) in [4.78, 5) is 0. The van der Waals surface area contributed by atoms with Gasteiger partial charge in [-0.2, -0.15) is 0 Å². The van der Waals surface area contributed by atoms with E-state index in [0.29, 0.717) is 11.0 Å². The SMILES string of the molecule is C=CCC/C=C(\C)C[C@@H](C)CO[Si](C)(C)C(C)(C)C. The second-order valence-corrected chi connectivity index (χ2v) is 12.1. The van der Waals surface area contributed by atoms with Gasteiger partial charge >= 0.3 is 0 Å². The maximum absolute atomic E-state index is 6.28. The Hall–Kier alpha value is -0.343. The molecule has 0 unspecified atom stereocenters. The van der Waals surface area contributed by atoms with Gasteiger partial charge in [-0.05, 0) is 50.2 Å². The van der Waals surface area contributed by atoms with Crippen LogP contribution < -0.4 is 0 Å². The molecule has 19 heavy (non-hydrogen) atoms. The number of rotatable bonds is 8. The summed E-state index contributed by atoms with van der Waals surface area (Å²) >= 11 is 0. The van der Waals surface area contributed by atoms with Crippen LogP contribution >= 0.6 is 0 Å². The molecule has 0 N–H and O–H groups in total. The van der Waals surface area contributed by atoms with E-state index in [-0.39, 0.29) is 0 Å². The molecule has 0 saturated heterocycles. The Labute approximate surface area is 122 Å². The van der Waals surface area contributed by atoms with E-state index in [0.717, 1.165) is 25.9 Å². The zero-order valence-corrected chi connectivity index (χ0v) is 15.2. The maximum atomic E-state index is 6.28. The molecular weight excluding hydrogens is 248 g/mol. The minimum absolute atomic E-state index is 0.307. The van der Waals surface area contributed by atoms with Gasteiger partial charge in [0.1, 0.15) is 0 Å². The van der Waals surface area contributed by atoms with Crippen LogP contribution in [0.2, 0.25) is 18.1 Å². The molecule has 0 fully saturated rings. The third-order valence-corrected chi connectivity index (χ3v) is 8.57. The highest BCUT2D eigenvalue weighted by Gasteiger charge is 2.37. The molecule has 2 heteroatoms. The lowest BCUT2D eigenvalue weighted by Gasteiger charge is -2.37. The largest absolute Gasteiger partial charge is 0.417 e. The van der Waals surface area contributed by atoms with E-state index < -0.39 is 8.32 Å². The molecule has 0 radical (unpaired) electrons. The van der Waals surface area contributed by atoms with Crippen molar-refractivity contribution >= 4 is 8.32 Å². The van der Waals surface area contributed by atoms with Crippen molar-refractivity contribution in [3.8, 4) is 0 Å². The van der Waals surface area contributed by atoms with Crippen molar-refractivity contribution in [3.63, 3.8) is 0 Å². The smallest absolute Gasteiger partial charge is 0.191 e. The van der Waals surface area contributed by atoms with Gasteiger partial charge in [-0.3, -0.25) is 0 Å². The van der Waals surface area contributed by atoms with Crippen LogP contribution in [0.25, 0.3) is 0 Å². The fourth-order valence-corrected chi connectivity index (χ4v) is 2.84. The van der Waals surface area contributed by atoms with Gasteiger partial charge in [0.25, 0.3) is 0 Å². The molecule has 0 aliphatic rings. The van der Waals surface area contributed by atoms with Gasteiger partial charge in [-0.15, -0.1) is 6.58 Å². The summed E-state index contributed by atoms with van der Waals surface area (Å²) in [5, 5.41) is 0.307. The standard InChI is InChI=1S/C17H34OSi/c1-9-10-11-12-15(2)13-16(3)14-18-19(7,8)17(4,5)6/h9,12,16H,1,10-11,13-14H2,2-8H3/b15-12+/t16-/m1/s1. The lowest BCUT2D eigenvalue weighted by atomic mass is 10.0. The average Bonchev–Trinajstić information content (AvgIpc) is 2.25. The van der Waals surface area contributed by atoms with Crippen molar-refractivity contribution in [2.24, 2.45) is 5.92 Å². The quantitative estimate of drug-likeness (QED) is 0.304. The van der Waals surface area contributed by atoms with Gasteiger partial charge < -0.3 is 4.43 Å². The summed E-state index contributed by atoms with van der Waals surface area (Å²) in [7, 11) is -1.58. The van der Waals surface area contributed by atoms with E-state index in [1.165, 1.54) is 5.57 Å². The average molecular weight is 283 g/mol. The van der Waals surface area contributed by atoms with Gasteiger partial charge in [0.05, 0.1) is 0 Å². The predicted molar refractivity (Wildman–Crippen MR) is 90.1 cm³/mol. The molecule has 0 saturated carbocycles. The van der Waals surface area contributed by atoms with Crippen molar-refractivity contribution in [1.82, 2.24) is 0 Å². The minimum atomic E-state index is -1.58. The number of hydrogen-bond acceptors (Lipinski definition) is 1. The fraction of sp³-hybridized carbons (Fsp3) is 0.765. The Morgan fingerprint density at radius 1 is 1.26 bits per heavy atom. The zero-order chi connectivity index (χ0) is 15.1. The third kappa shape index (κ3) is 7.73. The topological polar surface area (TPSA) is 9.23 Å². The second-order valence-electron chi connectivity index (χ2n) is 7.30. The molecule has 0 rings (SSSR count). The molecule has 0 bridgehead atoms. The van der Waals surface area contributed by atoms with Crippen LogP contribution in [0, 0.1) is 5.92 Å². The van der Waals surface area contributed by atoms with Crippen LogP contribution in [0.3, 0.4) is 0 Å². The molecule has 1 atom stereocenters. The first-order valence-electron chi connectivity index (χ1n) is 7.50. The highest BCUT2D eigenvalue weighted by Crippen LogP contribution is 2.36. The second kappa shape index (κ2) is 8.06. The van der Waals surface area contributed by atoms with Crippen LogP contribution in [-0.4, -0.2) is 14.9 Å². The monoisotopic (exact) mass is 282 g/mol. The van der Waals surface area contributed by atoms with Crippen molar-refractivity contribution < 1.29 is 4.43 Å². The number of unbranched alkanes of at least 4 members (excludes halogenated alkanes) is 1. The Kier molecular flexibility index (Phi) is 7.91. The fourth-order valence-electron chi connectivity index (χ4n) is 1.71. The summed E-state index contributed by atoms with van der Waals surface area (Å²) in [6, 6.07) is 0. The van der Waals surface area contributed by atoms with E-state index in [2.05, 4.69) is 60.4 Å². The van der Waals surface area contributed by atoms with Crippen LogP contribution in [-0.2, 0) is 4.43 Å². The summed E-state index contributed by atoms with van der Waals surface area (Å²) < 4.78 is 6.28. The van der Waals surface area contributed by atoms with Crippen LogP contribution in [0.5, 0.6) is 0 Å². The zero-order valence-electron chi connectivity index (χ0n) is 14.2. The normalized spacial score (nSPS) is 15.4. The molecule has 0 heterocycles. The van der Waals surface area contributed by atoms with Crippen molar-refractivity contribution in [2.45, 2.75) is 72.0 Å². The molecule has 112 valence electrons. The molecule has 0 aromatic carbocycles. The molecule has 0 aromatic heterocycles. The molecule has 1 nitrogen and oxygen atoms in total. The van der Waals surface area contributed by atoms with Crippen molar-refractivity contribution in [2.75, 3.05) is 6.61 Å². The highest BCUT2D eigenvalue weighted by molar-refractivity contribution is 6.74. The van der Waals surface area contributed by atoms with Crippen molar-refractivity contribution in [3.05, 3.63) is 24.3 Å². The highest BCUT2D eigenvalue weighted by atomic mass is 28.4. The summed E-state index contributed by atoms with van der Waals surface area (Å²) in [6.07, 6.45) is 7.65. The first kappa shape index (κ1) is 18.7. The van der Waals surface area contributed by atoms with Crippen LogP contribution in [0.4, 0.5) is 0 Å². The van der Waals surface area contributed by atoms with Gasteiger partial charge in [0.15, 0.2) is 8.32 Å². The van der Waals surface area contributed by atoms with E-state index in [4.69, 9.17) is 4.43 Å². The Morgan fingerprint density at radius 2 is 1.84 bits per heavy atom. The Morgan fingerprint density at radius 3 is 2.32 bits per heavy atom. The molecular formula is C17H34OSi. The van der Waals surface area contributed by atoms with E-state index >= 15 is 0 Å². The van der Waals surface area contributed by atoms with E-state index in [1.54, 1.807) is 0 Å². The van der Waals surface area contributed by atoms with Crippen LogP contribution in [0.15, 0.2) is 24.3 Å². The third-order valence-electron chi connectivity index (χ3n) is 4.07. The van der Waals surface area contributed by atoms with Crippen LogP contribution in [0.1, 0.15) is 53.9 Å². The first-order valence-corrected chi connectivity index (χ1v) is 10.4. The molecule has 0 aliphatic heterocycles. The Bertz CT molecular complexity index is 297. The van der Waals surface area contributed by atoms with E-state index in [9.17, 15) is 0 Å². The minimum Gasteiger partial charge on any atom is -0.417 e.